The van der Waals surface area contributed by atoms with E-state index in [9.17, 15) is 9.59 Å². The van der Waals surface area contributed by atoms with Crippen molar-refractivity contribution in [3.05, 3.63) is 71.3 Å². The monoisotopic (exact) mass is 392 g/mol. The molecular formula is C24H28N2O3. The van der Waals surface area contributed by atoms with E-state index in [1.165, 1.54) is 5.56 Å². The summed E-state index contributed by atoms with van der Waals surface area (Å²) in [4.78, 5) is 28.6. The Labute approximate surface area is 172 Å². The van der Waals surface area contributed by atoms with Crippen molar-refractivity contribution in [1.29, 1.82) is 0 Å². The van der Waals surface area contributed by atoms with Crippen LogP contribution in [0.25, 0.3) is 0 Å². The van der Waals surface area contributed by atoms with Gasteiger partial charge in [-0.05, 0) is 42.5 Å². The molecule has 0 saturated carbocycles. The van der Waals surface area contributed by atoms with E-state index in [4.69, 9.17) is 4.74 Å². The summed E-state index contributed by atoms with van der Waals surface area (Å²) in [6, 6.07) is 17.9. The van der Waals surface area contributed by atoms with Crippen LogP contribution in [0.4, 0.5) is 0 Å². The number of likely N-dealkylation sites (tertiary alicyclic amines) is 2. The molecule has 0 bridgehead atoms. The van der Waals surface area contributed by atoms with Gasteiger partial charge in [0.25, 0.3) is 5.91 Å². The lowest BCUT2D eigenvalue weighted by atomic mass is 10.0. The van der Waals surface area contributed by atoms with Gasteiger partial charge in [-0.25, -0.2) is 0 Å². The molecule has 2 aromatic carbocycles. The van der Waals surface area contributed by atoms with Gasteiger partial charge in [0.1, 0.15) is 0 Å². The van der Waals surface area contributed by atoms with Crippen molar-refractivity contribution in [3.63, 3.8) is 0 Å². The van der Waals surface area contributed by atoms with E-state index >= 15 is 0 Å². The lowest BCUT2D eigenvalue weighted by Crippen LogP contribution is -2.40. The minimum absolute atomic E-state index is 0.0705. The molecule has 0 spiro atoms. The molecular weight excluding hydrogens is 364 g/mol. The maximum Gasteiger partial charge on any atom is 0.253 e. The summed E-state index contributed by atoms with van der Waals surface area (Å²) in [5.41, 5.74) is 2.91. The average Bonchev–Trinajstić information content (AvgIpc) is 3.17. The number of hydrogen-bond acceptors (Lipinski definition) is 3. The molecule has 0 atom stereocenters. The molecule has 4 rings (SSSR count). The average molecular weight is 392 g/mol. The molecule has 29 heavy (non-hydrogen) atoms. The minimum atomic E-state index is 0.0705. The fourth-order valence-corrected chi connectivity index (χ4v) is 4.09. The summed E-state index contributed by atoms with van der Waals surface area (Å²) in [5.74, 6) is 0.278. The molecule has 5 heteroatoms. The summed E-state index contributed by atoms with van der Waals surface area (Å²) < 4.78 is 6.03. The highest BCUT2D eigenvalue weighted by Crippen LogP contribution is 2.20. The van der Waals surface area contributed by atoms with E-state index < -0.39 is 0 Å². The molecule has 5 nitrogen and oxygen atoms in total. The predicted molar refractivity (Wildman–Crippen MR) is 111 cm³/mol. The number of benzene rings is 2. The van der Waals surface area contributed by atoms with Gasteiger partial charge in [-0.15, -0.1) is 0 Å². The summed E-state index contributed by atoms with van der Waals surface area (Å²) in [6.45, 7) is 3.46. The van der Waals surface area contributed by atoms with Crippen molar-refractivity contribution in [3.8, 4) is 0 Å². The zero-order valence-electron chi connectivity index (χ0n) is 16.8. The standard InChI is InChI=1S/C24H28N2O3/c27-23-10-5-13-26(23)17-20-8-4-9-21(16-20)24(28)25-14-11-22(12-15-25)29-18-19-6-2-1-3-7-19/h1-4,6-9,16,22H,5,10-15,17-18H2. The predicted octanol–water partition coefficient (Wildman–Crippen LogP) is 3.63. The summed E-state index contributed by atoms with van der Waals surface area (Å²) in [6.07, 6.45) is 3.49. The van der Waals surface area contributed by atoms with Crippen molar-refractivity contribution < 1.29 is 14.3 Å². The third-order valence-corrected chi connectivity index (χ3v) is 5.78. The normalized spacial score (nSPS) is 17.7. The Bertz CT molecular complexity index is 844. The third kappa shape index (κ3) is 5.04. The Balaban J connectivity index is 1.29. The fraction of sp³-hybridized carbons (Fsp3) is 0.417. The van der Waals surface area contributed by atoms with Crippen LogP contribution in [-0.2, 0) is 22.7 Å². The van der Waals surface area contributed by atoms with Gasteiger partial charge in [0, 0.05) is 38.2 Å². The van der Waals surface area contributed by atoms with Gasteiger partial charge in [0.2, 0.25) is 5.91 Å². The number of nitrogens with zero attached hydrogens (tertiary/aromatic N) is 2. The molecule has 2 heterocycles. The van der Waals surface area contributed by atoms with Crippen LogP contribution in [-0.4, -0.2) is 47.4 Å². The van der Waals surface area contributed by atoms with E-state index in [0.717, 1.165) is 31.4 Å². The summed E-state index contributed by atoms with van der Waals surface area (Å²) in [7, 11) is 0. The zero-order chi connectivity index (χ0) is 20.1. The first kappa shape index (κ1) is 19.6. The highest BCUT2D eigenvalue weighted by atomic mass is 16.5. The van der Waals surface area contributed by atoms with Crippen molar-refractivity contribution in [2.45, 2.75) is 44.9 Å². The molecule has 2 aliphatic rings. The number of ether oxygens (including phenoxy) is 1. The number of piperidine rings is 1. The first-order chi connectivity index (χ1) is 14.2. The Morgan fingerprint density at radius 2 is 1.72 bits per heavy atom. The zero-order valence-corrected chi connectivity index (χ0v) is 16.8. The third-order valence-electron chi connectivity index (χ3n) is 5.78. The highest BCUT2D eigenvalue weighted by Gasteiger charge is 2.25. The van der Waals surface area contributed by atoms with Gasteiger partial charge in [-0.1, -0.05) is 42.5 Å². The first-order valence-electron chi connectivity index (χ1n) is 10.5. The van der Waals surface area contributed by atoms with E-state index in [1.54, 1.807) is 0 Å². The molecule has 0 radical (unpaired) electrons. The van der Waals surface area contributed by atoms with Gasteiger partial charge in [-0.3, -0.25) is 9.59 Å². The second-order valence-electron chi connectivity index (χ2n) is 7.91. The maximum absolute atomic E-state index is 12.9. The molecule has 2 aromatic rings. The van der Waals surface area contributed by atoms with Crippen molar-refractivity contribution in [2.24, 2.45) is 0 Å². The molecule has 0 unspecified atom stereocenters. The van der Waals surface area contributed by atoms with E-state index in [-0.39, 0.29) is 17.9 Å². The van der Waals surface area contributed by atoms with Crippen LogP contribution in [0.15, 0.2) is 54.6 Å². The fourth-order valence-electron chi connectivity index (χ4n) is 4.09. The van der Waals surface area contributed by atoms with Gasteiger partial charge >= 0.3 is 0 Å². The molecule has 152 valence electrons. The van der Waals surface area contributed by atoms with Crippen LogP contribution in [0.3, 0.4) is 0 Å². The van der Waals surface area contributed by atoms with Gasteiger partial charge in [-0.2, -0.15) is 0 Å². The van der Waals surface area contributed by atoms with Crippen LogP contribution in [0.2, 0.25) is 0 Å². The largest absolute Gasteiger partial charge is 0.373 e. The SMILES string of the molecule is O=C1CCCN1Cc1cccc(C(=O)N2CCC(OCc3ccccc3)CC2)c1. The van der Waals surface area contributed by atoms with Gasteiger partial charge < -0.3 is 14.5 Å². The Morgan fingerprint density at radius 3 is 2.45 bits per heavy atom. The second-order valence-corrected chi connectivity index (χ2v) is 7.91. The molecule has 2 aliphatic heterocycles. The lowest BCUT2D eigenvalue weighted by Gasteiger charge is -2.32. The summed E-state index contributed by atoms with van der Waals surface area (Å²) in [5, 5.41) is 0. The molecule has 2 amide bonds. The summed E-state index contributed by atoms with van der Waals surface area (Å²) >= 11 is 0. The lowest BCUT2D eigenvalue weighted by molar-refractivity contribution is -0.128. The van der Waals surface area contributed by atoms with Gasteiger partial charge in [0.15, 0.2) is 0 Å². The van der Waals surface area contributed by atoms with Crippen LogP contribution in [0.5, 0.6) is 0 Å². The molecule has 0 aromatic heterocycles. The minimum Gasteiger partial charge on any atom is -0.373 e. The van der Waals surface area contributed by atoms with Crippen molar-refractivity contribution in [2.75, 3.05) is 19.6 Å². The van der Waals surface area contributed by atoms with E-state index in [0.29, 0.717) is 38.2 Å². The number of carbonyl (C=O) groups is 2. The Morgan fingerprint density at radius 1 is 0.966 bits per heavy atom. The highest BCUT2D eigenvalue weighted by molar-refractivity contribution is 5.94. The van der Waals surface area contributed by atoms with Crippen LogP contribution >= 0.6 is 0 Å². The molecule has 2 fully saturated rings. The number of amides is 2. The molecule has 0 aliphatic carbocycles. The number of carbonyl (C=O) groups excluding carboxylic acids is 2. The van der Waals surface area contributed by atoms with Crippen LogP contribution in [0, 0.1) is 0 Å². The van der Waals surface area contributed by atoms with Crippen molar-refractivity contribution >= 4 is 11.8 Å². The van der Waals surface area contributed by atoms with Crippen LogP contribution < -0.4 is 0 Å². The quantitative estimate of drug-likeness (QED) is 0.754. The van der Waals surface area contributed by atoms with E-state index in [2.05, 4.69) is 12.1 Å². The van der Waals surface area contributed by atoms with Crippen molar-refractivity contribution in [1.82, 2.24) is 9.80 Å². The first-order valence-corrected chi connectivity index (χ1v) is 10.5. The number of hydrogen-bond donors (Lipinski definition) is 0. The van der Waals surface area contributed by atoms with Crippen LogP contribution in [0.1, 0.15) is 47.2 Å². The molecule has 2 saturated heterocycles. The maximum atomic E-state index is 12.9. The second kappa shape index (κ2) is 9.23. The smallest absolute Gasteiger partial charge is 0.253 e. The van der Waals surface area contributed by atoms with Gasteiger partial charge in [0.05, 0.1) is 12.7 Å². The topological polar surface area (TPSA) is 49.9 Å². The Kier molecular flexibility index (Phi) is 6.25. The Hall–Kier alpha value is -2.66. The number of rotatable bonds is 6. The van der Waals surface area contributed by atoms with E-state index in [1.807, 2.05) is 52.3 Å². The molecule has 0 N–H and O–H groups in total.